The van der Waals surface area contributed by atoms with Crippen molar-refractivity contribution in [3.63, 3.8) is 0 Å². The fourth-order valence-corrected chi connectivity index (χ4v) is 23.9. The van der Waals surface area contributed by atoms with Crippen molar-refractivity contribution in [2.75, 3.05) is 79.3 Å². The predicted octanol–water partition coefficient (Wildman–Crippen LogP) is 47.0. The van der Waals surface area contributed by atoms with Gasteiger partial charge in [-0.3, -0.25) is 0 Å². The highest BCUT2D eigenvalue weighted by Crippen LogP contribution is 2.43. The van der Waals surface area contributed by atoms with Crippen molar-refractivity contribution in [3.05, 3.63) is 0 Å². The number of rotatable bonds is 89. The van der Waals surface area contributed by atoms with E-state index >= 15 is 0 Å². The van der Waals surface area contributed by atoms with Gasteiger partial charge in [-0.2, -0.15) is 0 Å². The molecule has 0 aliphatic rings. The molecule has 139 heavy (non-hydrogen) atoms. The van der Waals surface area contributed by atoms with Crippen LogP contribution in [0, 0.1) is 111 Å². The van der Waals surface area contributed by atoms with Crippen LogP contribution in [0.25, 0.3) is 0 Å². The summed E-state index contributed by atoms with van der Waals surface area (Å²) in [6, 6.07) is 0. The van der Waals surface area contributed by atoms with Crippen LogP contribution in [0.2, 0.25) is 0 Å². The first-order valence-corrected chi connectivity index (χ1v) is 64.2. The van der Waals surface area contributed by atoms with Crippen molar-refractivity contribution in [2.24, 2.45) is 111 Å². The van der Waals surface area contributed by atoms with E-state index in [1.165, 1.54) is 379 Å². The average Bonchev–Trinajstić information content (AvgIpc) is 0.840. The van der Waals surface area contributed by atoms with Crippen molar-refractivity contribution in [1.29, 1.82) is 0 Å². The second kappa shape index (κ2) is 123. The van der Waals surface area contributed by atoms with Gasteiger partial charge in [0.15, 0.2) is 0 Å². The van der Waals surface area contributed by atoms with Crippen LogP contribution in [-0.4, -0.2) is 79.3 Å². The zero-order valence-corrected chi connectivity index (χ0v) is 105. The second-order valence-corrected chi connectivity index (χ2v) is 44.7. The van der Waals surface area contributed by atoms with Crippen LogP contribution >= 0.6 is 0 Å². The second-order valence-electron chi connectivity index (χ2n) is 44.7. The van der Waals surface area contributed by atoms with E-state index in [0.717, 1.165) is 175 Å². The van der Waals surface area contributed by atoms with Crippen LogP contribution in [-0.2, 0) is 28.4 Å². The summed E-state index contributed by atoms with van der Waals surface area (Å²) in [5, 5.41) is 0. The van der Waals surface area contributed by atoms with Crippen molar-refractivity contribution in [1.82, 2.24) is 0 Å². The molecule has 0 radical (unpaired) electrons. The molecular weight excluding hydrogens is 1690 g/mol. The lowest BCUT2D eigenvalue weighted by Crippen LogP contribution is -2.32. The highest BCUT2D eigenvalue weighted by molar-refractivity contribution is 4.84. The third-order valence-electron chi connectivity index (χ3n) is 32.0. The summed E-state index contributed by atoms with van der Waals surface area (Å²) in [5.41, 5.74) is 1.58. The minimum atomic E-state index is 0. The molecule has 0 N–H and O–H groups in total. The van der Waals surface area contributed by atoms with Gasteiger partial charge in [0.2, 0.25) is 0 Å². The highest BCUT2D eigenvalue weighted by Gasteiger charge is 2.34. The molecule has 0 spiro atoms. The summed E-state index contributed by atoms with van der Waals surface area (Å²) in [6.45, 7) is 103. The van der Waals surface area contributed by atoms with Crippen molar-refractivity contribution in [3.8, 4) is 0 Å². The molecule has 0 rings (SSSR count). The molecule has 854 valence electrons. The summed E-state index contributed by atoms with van der Waals surface area (Å²) < 4.78 is 36.1. The molecule has 0 aromatic rings. The van der Waals surface area contributed by atoms with Gasteiger partial charge in [0.25, 0.3) is 0 Å². The minimum Gasteiger partial charge on any atom is -0.381 e. The lowest BCUT2D eigenvalue weighted by atomic mass is 9.68. The Bertz CT molecular complexity index is 1880. The third-order valence-corrected chi connectivity index (χ3v) is 32.0. The monoisotopic (exact) mass is 1980 g/mol. The van der Waals surface area contributed by atoms with Crippen molar-refractivity contribution >= 4 is 0 Å². The smallest absolute Gasteiger partial charge is 0.0522 e. The number of ether oxygens (including phenoxy) is 6. The maximum Gasteiger partial charge on any atom is 0.0522 e. The SMILES string of the molecule is C.CCC.CCCC(CC)C(CC)C(CC)C(CC)CCC.CCCC(CC)C(CC)C(CC)CCC.CCCC(CC)CCC.CCCC(CC)COCC(CC)CCC.CCCC(CC)COCC(CC)COCC(CC)CCC.CCCC(CC)COCC(CC)COCC(CC)CCC.CCCC(CCC)(CCC)CCC.CCCC(CCC)(CCC)COCC(CCC)(CCC)CCC. The molecule has 0 aromatic carbocycles. The van der Waals surface area contributed by atoms with Crippen molar-refractivity contribution < 1.29 is 28.4 Å². The largest absolute Gasteiger partial charge is 0.381 e. The van der Waals surface area contributed by atoms with E-state index < -0.39 is 0 Å². The van der Waals surface area contributed by atoms with Gasteiger partial charge in [-0.15, -0.1) is 0 Å². The van der Waals surface area contributed by atoms with Gasteiger partial charge in [0, 0.05) is 51.5 Å². The molecule has 0 saturated heterocycles. The van der Waals surface area contributed by atoms with E-state index in [0.29, 0.717) is 28.1 Å². The lowest BCUT2D eigenvalue weighted by molar-refractivity contribution is -0.0290. The number of hydrogen-bond donors (Lipinski definition) is 0. The first-order chi connectivity index (χ1) is 66.7. The minimum absolute atomic E-state index is 0. The Hall–Kier alpha value is -0.240. The molecule has 0 aliphatic carbocycles. The van der Waals surface area contributed by atoms with Gasteiger partial charge in [-0.1, -0.05) is 560 Å². The molecule has 0 heterocycles. The Morgan fingerprint density at radius 3 is 0.417 bits per heavy atom. The van der Waals surface area contributed by atoms with Gasteiger partial charge in [0.1, 0.15) is 0 Å². The van der Waals surface area contributed by atoms with E-state index in [9.17, 15) is 0 Å². The van der Waals surface area contributed by atoms with Crippen LogP contribution in [0.4, 0.5) is 0 Å². The molecule has 0 amide bonds. The van der Waals surface area contributed by atoms with Gasteiger partial charge >= 0.3 is 0 Å². The first kappa shape index (κ1) is 159. The third kappa shape index (κ3) is 92.4. The summed E-state index contributed by atoms with van der Waals surface area (Å²) in [5.74, 6) is 13.5. The quantitative estimate of drug-likeness (QED) is 0.0605. The normalized spacial score (nSPS) is 14.7. The zero-order chi connectivity index (χ0) is 107. The fourth-order valence-electron chi connectivity index (χ4n) is 23.9. The molecule has 12 unspecified atom stereocenters. The molecular formula is C133H286O6. The molecule has 0 fully saturated rings. The molecule has 6 nitrogen and oxygen atoms in total. The van der Waals surface area contributed by atoms with Crippen LogP contribution in [0.15, 0.2) is 0 Å². The molecule has 0 aliphatic heterocycles. The average molecular weight is 1980 g/mol. The Kier molecular flexibility index (Phi) is 141. The lowest BCUT2D eigenvalue weighted by Gasteiger charge is -2.37. The summed E-state index contributed by atoms with van der Waals surface area (Å²) in [7, 11) is 0. The molecule has 0 saturated carbocycles. The van der Waals surface area contributed by atoms with Gasteiger partial charge < -0.3 is 28.4 Å². The van der Waals surface area contributed by atoms with E-state index in [-0.39, 0.29) is 7.43 Å². The van der Waals surface area contributed by atoms with E-state index in [4.69, 9.17) is 28.4 Å². The van der Waals surface area contributed by atoms with Gasteiger partial charge in [-0.25, -0.2) is 0 Å². The Morgan fingerprint density at radius 1 is 0.137 bits per heavy atom. The maximum absolute atomic E-state index is 6.48. The van der Waals surface area contributed by atoms with Gasteiger partial charge in [-0.05, 0) is 215 Å². The number of hydrogen-bond acceptors (Lipinski definition) is 6. The molecule has 0 aromatic heterocycles. The van der Waals surface area contributed by atoms with Gasteiger partial charge in [0.05, 0.1) is 39.6 Å². The standard InChI is InChI=1S/C22H46O.2C19H40O2.C18H38.C15H32.C14H30O.C13H28.C9H20.C3H8.CH4/c1-7-13-21(14-8-2,15-9-3)19-23-20-22(16-10-4,17-11-5)18-12-6;2*1-6-11-17(8-3)13-20-15-19(10-5)16-21-14-18(9-4)12-7-2;1-7-13-15(9-3)17(11-5)18(12-6)16(10-4)14-8-2;1-6-11-13(8-3)15(10-5)14(9-4)12-7-2;1-5-9-13(7-3)11-15-12-14(8-4)10-6-2;1-5-9-13(10-6-2,11-7-3)12-8-4;1-4-7-9(6-3)8-5-2;1-3-2;/h7-20H2,1-6H3;2*17-19H,6-16H2,1-5H3;15-18H,7-14H2,1-6H3;13-15H,6-12H2,1-5H3;13-14H,5-12H2,1-4H3;5-12H2,1-4H3;9H,4-8H2,1-3H3;3H2,1-2H3;1H4. The highest BCUT2D eigenvalue weighted by atomic mass is 16.5. The fraction of sp³-hybridized carbons (Fsp3) is 1.00. The van der Waals surface area contributed by atoms with Crippen LogP contribution in [0.1, 0.15) is 676 Å². The van der Waals surface area contributed by atoms with Crippen LogP contribution in [0.3, 0.4) is 0 Å². The van der Waals surface area contributed by atoms with E-state index in [1.54, 1.807) is 0 Å². The van der Waals surface area contributed by atoms with Crippen LogP contribution < -0.4 is 0 Å². The van der Waals surface area contributed by atoms with E-state index in [2.05, 4.69) is 277 Å². The first-order valence-electron chi connectivity index (χ1n) is 64.2. The maximum atomic E-state index is 6.48. The Labute approximate surface area is 889 Å². The summed E-state index contributed by atoms with van der Waals surface area (Å²) >= 11 is 0. The zero-order valence-electron chi connectivity index (χ0n) is 105. The molecule has 6 heteroatoms. The summed E-state index contributed by atoms with van der Waals surface area (Å²) in [4.78, 5) is 0. The predicted molar refractivity (Wildman–Crippen MR) is 643 cm³/mol. The molecule has 0 bridgehead atoms. The van der Waals surface area contributed by atoms with E-state index in [1.807, 2.05) is 0 Å². The van der Waals surface area contributed by atoms with Crippen molar-refractivity contribution in [2.45, 2.75) is 676 Å². The Balaban J connectivity index is -0.000000172. The summed E-state index contributed by atoms with van der Waals surface area (Å²) in [6.07, 6.45) is 81.2. The molecule has 12 atom stereocenters. The van der Waals surface area contributed by atoms with Crippen LogP contribution in [0.5, 0.6) is 0 Å². The Morgan fingerprint density at radius 2 is 0.281 bits per heavy atom. The topological polar surface area (TPSA) is 55.4 Å².